The molecule has 2 aromatic rings. The van der Waals surface area contributed by atoms with Gasteiger partial charge in [0.2, 0.25) is 0 Å². The summed E-state index contributed by atoms with van der Waals surface area (Å²) in [5.74, 6) is 4.22. The molecule has 36 heavy (non-hydrogen) atoms. The van der Waals surface area contributed by atoms with Crippen LogP contribution in [0.5, 0.6) is 23.0 Å². The zero-order chi connectivity index (χ0) is 26.1. The van der Waals surface area contributed by atoms with Crippen molar-refractivity contribution in [3.8, 4) is 23.0 Å². The van der Waals surface area contributed by atoms with Crippen LogP contribution in [0.25, 0.3) is 0 Å². The predicted octanol–water partition coefficient (Wildman–Crippen LogP) is 8.29. The van der Waals surface area contributed by atoms with Crippen LogP contribution in [-0.4, -0.2) is 26.4 Å². The van der Waals surface area contributed by atoms with Crippen LogP contribution in [0.2, 0.25) is 0 Å². The zero-order valence-corrected chi connectivity index (χ0v) is 23.8. The average Bonchev–Trinajstić information content (AvgIpc) is 3.23. The molecule has 0 saturated heterocycles. The van der Waals surface area contributed by atoms with E-state index in [1.807, 2.05) is 0 Å². The number of ether oxygens (including phenoxy) is 4. The first kappa shape index (κ1) is 26.7. The molecule has 0 saturated carbocycles. The molecule has 198 valence electrons. The molecule has 0 amide bonds. The van der Waals surface area contributed by atoms with E-state index < -0.39 is 0 Å². The van der Waals surface area contributed by atoms with Crippen molar-refractivity contribution in [1.82, 2.24) is 0 Å². The van der Waals surface area contributed by atoms with E-state index in [0.717, 1.165) is 48.7 Å². The molecule has 2 aliphatic rings. The van der Waals surface area contributed by atoms with Gasteiger partial charge in [0.25, 0.3) is 0 Å². The molecule has 2 aliphatic carbocycles. The minimum Gasteiger partial charge on any atom is -0.490 e. The molecule has 0 aliphatic heterocycles. The quantitative estimate of drug-likeness (QED) is 0.297. The molecule has 4 rings (SSSR count). The van der Waals surface area contributed by atoms with Crippen LogP contribution < -0.4 is 18.9 Å². The second kappa shape index (κ2) is 10.6. The Morgan fingerprint density at radius 1 is 0.500 bits per heavy atom. The summed E-state index contributed by atoms with van der Waals surface area (Å²) in [5.41, 5.74) is 5.46. The molecule has 0 radical (unpaired) electrons. The summed E-state index contributed by atoms with van der Waals surface area (Å²) in [6.07, 6.45) is 3.89. The van der Waals surface area contributed by atoms with Crippen molar-refractivity contribution < 1.29 is 18.9 Å². The van der Waals surface area contributed by atoms with Gasteiger partial charge in [0.1, 0.15) is 0 Å². The monoisotopic (exact) mass is 494 g/mol. The minimum absolute atomic E-state index is 0.0516. The van der Waals surface area contributed by atoms with Crippen LogP contribution >= 0.6 is 0 Å². The minimum atomic E-state index is -0.0516. The molecule has 2 atom stereocenters. The highest BCUT2D eigenvalue weighted by atomic mass is 16.5. The molecular formula is C32H46O4. The average molecular weight is 495 g/mol. The summed E-state index contributed by atoms with van der Waals surface area (Å²) in [4.78, 5) is 0. The van der Waals surface area contributed by atoms with Gasteiger partial charge in [-0.1, -0.05) is 55.4 Å². The summed E-state index contributed by atoms with van der Waals surface area (Å²) in [6.45, 7) is 20.9. The van der Waals surface area contributed by atoms with Crippen LogP contribution in [0.4, 0.5) is 0 Å². The van der Waals surface area contributed by atoms with Crippen molar-refractivity contribution in [2.75, 3.05) is 26.4 Å². The van der Waals surface area contributed by atoms with Crippen LogP contribution in [0.1, 0.15) is 115 Å². The van der Waals surface area contributed by atoms with Gasteiger partial charge in [-0.05, 0) is 83.0 Å². The summed E-state index contributed by atoms with van der Waals surface area (Å²) >= 11 is 0. The van der Waals surface area contributed by atoms with Crippen LogP contribution in [0, 0.1) is 0 Å². The fourth-order valence-electron chi connectivity index (χ4n) is 6.39. The largest absolute Gasteiger partial charge is 0.490 e. The summed E-state index contributed by atoms with van der Waals surface area (Å²) in [5, 5.41) is 0. The molecule has 2 unspecified atom stereocenters. The lowest BCUT2D eigenvalue weighted by Crippen LogP contribution is -2.25. The molecular weight excluding hydrogens is 448 g/mol. The number of benzene rings is 2. The van der Waals surface area contributed by atoms with Gasteiger partial charge in [0, 0.05) is 11.8 Å². The summed E-state index contributed by atoms with van der Waals surface area (Å²) < 4.78 is 24.9. The highest BCUT2D eigenvalue weighted by Gasteiger charge is 2.58. The lowest BCUT2D eigenvalue weighted by Gasteiger charge is -2.31. The maximum Gasteiger partial charge on any atom is 0.161 e. The van der Waals surface area contributed by atoms with E-state index in [9.17, 15) is 0 Å². The summed E-state index contributed by atoms with van der Waals surface area (Å²) in [7, 11) is 0. The maximum absolute atomic E-state index is 6.23. The Labute approximate surface area is 218 Å². The molecule has 4 nitrogen and oxygen atoms in total. The smallest absolute Gasteiger partial charge is 0.161 e. The predicted molar refractivity (Wildman–Crippen MR) is 148 cm³/mol. The Bertz CT molecular complexity index is 983. The van der Waals surface area contributed by atoms with Gasteiger partial charge in [-0.2, -0.15) is 0 Å². The van der Waals surface area contributed by atoms with Crippen molar-refractivity contribution in [3.63, 3.8) is 0 Å². The Kier molecular flexibility index (Phi) is 7.83. The van der Waals surface area contributed by atoms with E-state index in [1.54, 1.807) is 0 Å². The van der Waals surface area contributed by atoms with Crippen molar-refractivity contribution in [1.29, 1.82) is 0 Å². The second-order valence-electron chi connectivity index (χ2n) is 11.6. The third-order valence-corrected chi connectivity index (χ3v) is 8.03. The number of fused-ring (bicyclic) bond motifs is 5. The molecule has 0 bridgehead atoms. The van der Waals surface area contributed by atoms with Crippen molar-refractivity contribution in [3.05, 3.63) is 46.5 Å². The number of rotatable bonds is 12. The fourth-order valence-corrected chi connectivity index (χ4v) is 6.39. The van der Waals surface area contributed by atoms with Crippen LogP contribution in [-0.2, 0) is 10.8 Å². The lowest BCUT2D eigenvalue weighted by molar-refractivity contribution is 0.267. The first-order valence-electron chi connectivity index (χ1n) is 14.1. The molecule has 0 aromatic heterocycles. The van der Waals surface area contributed by atoms with E-state index >= 15 is 0 Å². The van der Waals surface area contributed by atoms with E-state index in [2.05, 4.69) is 79.7 Å². The summed E-state index contributed by atoms with van der Waals surface area (Å²) in [6, 6.07) is 9.13. The second-order valence-corrected chi connectivity index (χ2v) is 11.6. The van der Waals surface area contributed by atoms with Gasteiger partial charge in [-0.15, -0.1) is 0 Å². The SMILES string of the molecule is CCCOc1cc2c(cc1OCCC)C(C)(C)C1c3cc(OCCC)c(OCCC)cc3C(C)(C)C21. The van der Waals surface area contributed by atoms with Gasteiger partial charge in [0.05, 0.1) is 26.4 Å². The Hall–Kier alpha value is -2.36. The Morgan fingerprint density at radius 3 is 1.06 bits per heavy atom. The van der Waals surface area contributed by atoms with Gasteiger partial charge in [-0.25, -0.2) is 0 Å². The van der Waals surface area contributed by atoms with Gasteiger partial charge >= 0.3 is 0 Å². The first-order chi connectivity index (χ1) is 17.2. The molecule has 0 heterocycles. The highest BCUT2D eigenvalue weighted by molar-refractivity contribution is 5.65. The molecule has 0 N–H and O–H groups in total. The molecule has 0 spiro atoms. The van der Waals surface area contributed by atoms with Crippen LogP contribution in [0.3, 0.4) is 0 Å². The van der Waals surface area contributed by atoms with Crippen molar-refractivity contribution in [2.45, 2.75) is 104 Å². The van der Waals surface area contributed by atoms with Gasteiger partial charge in [-0.3, -0.25) is 0 Å². The van der Waals surface area contributed by atoms with E-state index in [4.69, 9.17) is 18.9 Å². The Balaban J connectivity index is 1.85. The first-order valence-corrected chi connectivity index (χ1v) is 14.1. The fraction of sp³-hybridized carbons (Fsp3) is 0.625. The van der Waals surface area contributed by atoms with Gasteiger partial charge in [0.15, 0.2) is 23.0 Å². The maximum atomic E-state index is 6.23. The standard InChI is InChI=1S/C32H46O4/c1-9-13-33-25-17-21-23(19-27(25)35-15-11-3)31(5,6)30-22-18-26(34-14-10-2)28(36-16-12-4)20-24(22)32(7,8)29(21)30/h17-20,29-30H,9-16H2,1-8H3. The third-order valence-electron chi connectivity index (χ3n) is 8.03. The third kappa shape index (κ3) is 4.46. The van der Waals surface area contributed by atoms with E-state index in [0.29, 0.717) is 38.3 Å². The van der Waals surface area contributed by atoms with E-state index in [1.165, 1.54) is 22.3 Å². The Morgan fingerprint density at radius 2 is 0.778 bits per heavy atom. The molecule has 0 fully saturated rings. The van der Waals surface area contributed by atoms with Crippen molar-refractivity contribution in [2.24, 2.45) is 0 Å². The van der Waals surface area contributed by atoms with Gasteiger partial charge < -0.3 is 18.9 Å². The van der Waals surface area contributed by atoms with E-state index in [-0.39, 0.29) is 10.8 Å². The number of hydrogen-bond acceptors (Lipinski definition) is 4. The molecule has 4 heteroatoms. The lowest BCUT2D eigenvalue weighted by atomic mass is 9.72. The van der Waals surface area contributed by atoms with Crippen LogP contribution in [0.15, 0.2) is 24.3 Å². The zero-order valence-electron chi connectivity index (χ0n) is 23.8. The highest BCUT2D eigenvalue weighted by Crippen LogP contribution is 2.68. The topological polar surface area (TPSA) is 36.9 Å². The molecule has 2 aromatic carbocycles. The number of hydrogen-bond donors (Lipinski definition) is 0. The normalized spacial score (nSPS) is 20.4. The van der Waals surface area contributed by atoms with Crippen molar-refractivity contribution >= 4 is 0 Å².